The molecule has 0 radical (unpaired) electrons. The van der Waals surface area contributed by atoms with Crippen LogP contribution in [0, 0.1) is 0 Å². The van der Waals surface area contributed by atoms with Crippen molar-refractivity contribution in [1.82, 2.24) is 10.2 Å². The van der Waals surface area contributed by atoms with Crippen LogP contribution in [-0.2, 0) is 26.2 Å². The van der Waals surface area contributed by atoms with Crippen molar-refractivity contribution < 1.29 is 18.0 Å². The lowest BCUT2D eigenvalue weighted by molar-refractivity contribution is -0.140. The Bertz CT molecular complexity index is 1040. The van der Waals surface area contributed by atoms with Crippen LogP contribution < -0.4 is 9.62 Å². The van der Waals surface area contributed by atoms with Gasteiger partial charge < -0.3 is 10.2 Å². The molecular formula is C24H32BrN3O4S. The number of carbonyl (C=O) groups is 2. The van der Waals surface area contributed by atoms with Crippen molar-refractivity contribution in [2.24, 2.45) is 0 Å². The molecule has 9 heteroatoms. The Morgan fingerprint density at radius 1 is 1.03 bits per heavy atom. The van der Waals surface area contributed by atoms with Crippen molar-refractivity contribution in [2.75, 3.05) is 17.1 Å². The van der Waals surface area contributed by atoms with Crippen LogP contribution in [0.3, 0.4) is 0 Å². The molecule has 0 saturated carbocycles. The van der Waals surface area contributed by atoms with Gasteiger partial charge in [-0.25, -0.2) is 8.42 Å². The highest BCUT2D eigenvalue weighted by atomic mass is 79.9. The van der Waals surface area contributed by atoms with Crippen LogP contribution in [0.5, 0.6) is 0 Å². The summed E-state index contributed by atoms with van der Waals surface area (Å²) in [5.41, 5.74) is 1.45. The minimum atomic E-state index is -3.49. The van der Waals surface area contributed by atoms with Crippen LogP contribution in [0.4, 0.5) is 5.69 Å². The van der Waals surface area contributed by atoms with E-state index < -0.39 is 16.1 Å². The van der Waals surface area contributed by atoms with E-state index in [2.05, 4.69) is 21.2 Å². The molecule has 0 fully saturated rings. The maximum Gasteiger partial charge on any atom is 0.242 e. The van der Waals surface area contributed by atoms with E-state index in [1.165, 1.54) is 4.31 Å². The molecule has 0 aromatic heterocycles. The number of halogens is 1. The summed E-state index contributed by atoms with van der Waals surface area (Å²) < 4.78 is 26.8. The highest BCUT2D eigenvalue weighted by molar-refractivity contribution is 9.10. The van der Waals surface area contributed by atoms with Crippen molar-refractivity contribution in [2.45, 2.75) is 52.2 Å². The van der Waals surface area contributed by atoms with E-state index in [0.717, 1.165) is 16.3 Å². The second kappa shape index (κ2) is 12.2. The van der Waals surface area contributed by atoms with Gasteiger partial charge in [0.1, 0.15) is 6.04 Å². The molecule has 7 nitrogen and oxygen atoms in total. The fourth-order valence-corrected chi connectivity index (χ4v) is 4.83. The van der Waals surface area contributed by atoms with Gasteiger partial charge >= 0.3 is 0 Å². The lowest BCUT2D eigenvalue weighted by Crippen LogP contribution is -2.49. The van der Waals surface area contributed by atoms with Gasteiger partial charge in [0.05, 0.1) is 11.9 Å². The molecule has 0 aliphatic carbocycles. The predicted molar refractivity (Wildman–Crippen MR) is 135 cm³/mol. The van der Waals surface area contributed by atoms with Gasteiger partial charge in [-0.05, 0) is 57.0 Å². The number of hydrogen-bond acceptors (Lipinski definition) is 4. The number of nitrogens with one attached hydrogen (secondary N) is 1. The molecule has 0 spiro atoms. The Morgan fingerprint density at radius 2 is 1.70 bits per heavy atom. The summed E-state index contributed by atoms with van der Waals surface area (Å²) in [6.07, 6.45) is 1.60. The molecule has 2 rings (SSSR count). The topological polar surface area (TPSA) is 86.8 Å². The molecule has 2 aromatic rings. The minimum absolute atomic E-state index is 0.0445. The van der Waals surface area contributed by atoms with Crippen molar-refractivity contribution in [1.29, 1.82) is 0 Å². The molecule has 0 unspecified atom stereocenters. The van der Waals surface area contributed by atoms with E-state index in [-0.39, 0.29) is 37.4 Å². The van der Waals surface area contributed by atoms with Crippen molar-refractivity contribution in [3.63, 3.8) is 0 Å². The molecule has 0 saturated heterocycles. The number of hydrogen-bond donors (Lipinski definition) is 1. The van der Waals surface area contributed by atoms with Crippen LogP contribution >= 0.6 is 15.9 Å². The molecule has 0 heterocycles. The van der Waals surface area contributed by atoms with Gasteiger partial charge in [-0.3, -0.25) is 13.9 Å². The first kappa shape index (κ1) is 26.9. The Hall–Kier alpha value is -2.39. The zero-order valence-corrected chi connectivity index (χ0v) is 21.9. The average molecular weight is 539 g/mol. The normalized spacial score (nSPS) is 12.3. The molecule has 0 aliphatic rings. The first-order valence-electron chi connectivity index (χ1n) is 10.9. The fraction of sp³-hybridized carbons (Fsp3) is 0.417. The third kappa shape index (κ3) is 8.47. The Balaban J connectivity index is 2.15. The lowest BCUT2D eigenvalue weighted by atomic mass is 10.1. The highest BCUT2D eigenvalue weighted by Gasteiger charge is 2.27. The summed E-state index contributed by atoms with van der Waals surface area (Å²) in [5, 5.41) is 2.86. The second-order valence-corrected chi connectivity index (χ2v) is 11.1. The van der Waals surface area contributed by atoms with E-state index >= 15 is 0 Å². The van der Waals surface area contributed by atoms with E-state index in [1.807, 2.05) is 44.2 Å². The summed E-state index contributed by atoms with van der Waals surface area (Å²) in [6.45, 7) is 5.90. The summed E-state index contributed by atoms with van der Waals surface area (Å²) in [5.74, 6) is -0.432. The number of amides is 2. The van der Waals surface area contributed by atoms with Gasteiger partial charge in [0, 0.05) is 30.0 Å². The summed E-state index contributed by atoms with van der Waals surface area (Å²) >= 11 is 3.44. The Kier molecular flexibility index (Phi) is 9.91. The quantitative estimate of drug-likeness (QED) is 0.470. The molecule has 1 N–H and O–H groups in total. The average Bonchev–Trinajstić information content (AvgIpc) is 2.73. The number of sulfonamides is 1. The summed E-state index contributed by atoms with van der Waals surface area (Å²) in [7, 11) is -3.49. The van der Waals surface area contributed by atoms with Crippen molar-refractivity contribution in [3.8, 4) is 0 Å². The number of para-hydroxylation sites is 1. The van der Waals surface area contributed by atoms with E-state index in [4.69, 9.17) is 0 Å². The minimum Gasteiger partial charge on any atom is -0.352 e. The first-order chi connectivity index (χ1) is 15.5. The van der Waals surface area contributed by atoms with Crippen LogP contribution in [0.1, 0.15) is 39.2 Å². The largest absolute Gasteiger partial charge is 0.352 e. The maximum absolute atomic E-state index is 13.2. The van der Waals surface area contributed by atoms with E-state index in [1.54, 1.807) is 36.1 Å². The number of carbonyl (C=O) groups excluding carboxylic acids is 2. The second-order valence-electron chi connectivity index (χ2n) is 8.27. The SMILES string of the molecule is CC(C)NC(=O)[C@H](C)N(Cc1cccc(Br)c1)C(=O)CCCN(c1ccccc1)S(C)(=O)=O. The molecule has 0 bridgehead atoms. The lowest BCUT2D eigenvalue weighted by Gasteiger charge is -2.30. The zero-order valence-electron chi connectivity index (χ0n) is 19.5. The summed E-state index contributed by atoms with van der Waals surface area (Å²) in [6, 6.07) is 15.7. The van der Waals surface area contributed by atoms with Crippen LogP contribution in [-0.4, -0.2) is 50.0 Å². The third-order valence-corrected chi connectivity index (χ3v) is 6.72. The number of rotatable bonds is 11. The molecule has 2 amide bonds. The van der Waals surface area contributed by atoms with E-state index in [0.29, 0.717) is 12.1 Å². The van der Waals surface area contributed by atoms with Gasteiger partial charge in [-0.2, -0.15) is 0 Å². The Labute approximate surface area is 205 Å². The molecular weight excluding hydrogens is 506 g/mol. The first-order valence-corrected chi connectivity index (χ1v) is 13.5. The van der Waals surface area contributed by atoms with Crippen LogP contribution in [0.2, 0.25) is 0 Å². The molecule has 2 aromatic carbocycles. The van der Waals surface area contributed by atoms with Crippen molar-refractivity contribution >= 4 is 43.5 Å². The molecule has 180 valence electrons. The van der Waals surface area contributed by atoms with Gasteiger partial charge in [-0.1, -0.05) is 46.3 Å². The zero-order chi connectivity index (χ0) is 24.6. The number of nitrogens with zero attached hydrogens (tertiary/aromatic N) is 2. The fourth-order valence-electron chi connectivity index (χ4n) is 3.42. The third-order valence-electron chi connectivity index (χ3n) is 5.04. The smallest absolute Gasteiger partial charge is 0.242 e. The van der Waals surface area contributed by atoms with Crippen LogP contribution in [0.25, 0.3) is 0 Å². The predicted octanol–water partition coefficient (Wildman–Crippen LogP) is 3.94. The van der Waals surface area contributed by atoms with E-state index in [9.17, 15) is 18.0 Å². The molecule has 0 aliphatic heterocycles. The highest BCUT2D eigenvalue weighted by Crippen LogP contribution is 2.19. The summed E-state index contributed by atoms with van der Waals surface area (Å²) in [4.78, 5) is 27.4. The number of anilines is 1. The standard InChI is InChI=1S/C24H32BrN3O4S/c1-18(2)26-24(30)19(3)27(17-20-10-8-11-21(25)16-20)23(29)14-9-15-28(33(4,31)32)22-12-6-5-7-13-22/h5-8,10-13,16,18-19H,9,14-15,17H2,1-4H3,(H,26,30)/t19-/m0/s1. The van der Waals surface area contributed by atoms with Crippen LogP contribution in [0.15, 0.2) is 59.1 Å². The monoisotopic (exact) mass is 537 g/mol. The maximum atomic E-state index is 13.2. The molecule has 33 heavy (non-hydrogen) atoms. The number of benzene rings is 2. The Morgan fingerprint density at radius 3 is 2.27 bits per heavy atom. The molecule has 1 atom stereocenters. The van der Waals surface area contributed by atoms with Gasteiger partial charge in [0.25, 0.3) is 0 Å². The van der Waals surface area contributed by atoms with Gasteiger partial charge in [-0.15, -0.1) is 0 Å². The van der Waals surface area contributed by atoms with Gasteiger partial charge in [0.2, 0.25) is 21.8 Å². The van der Waals surface area contributed by atoms with Gasteiger partial charge in [0.15, 0.2) is 0 Å². The van der Waals surface area contributed by atoms with Crippen molar-refractivity contribution in [3.05, 3.63) is 64.6 Å².